The summed E-state index contributed by atoms with van der Waals surface area (Å²) >= 11 is 0. The van der Waals surface area contributed by atoms with Gasteiger partial charge in [0.25, 0.3) is 0 Å². The van der Waals surface area contributed by atoms with Gasteiger partial charge in [-0.25, -0.2) is 0 Å². The maximum atomic E-state index is 11.6. The third kappa shape index (κ3) is 4.04. The number of nitrogens with two attached hydrogens (primary N) is 1. The summed E-state index contributed by atoms with van der Waals surface area (Å²) in [5.74, 6) is -0.0163. The van der Waals surface area contributed by atoms with E-state index in [0.29, 0.717) is 12.6 Å². The van der Waals surface area contributed by atoms with Gasteiger partial charge in [-0.1, -0.05) is 25.0 Å². The fourth-order valence-corrected chi connectivity index (χ4v) is 2.21. The molecule has 0 bridgehead atoms. The second-order valence-corrected chi connectivity index (χ2v) is 4.78. The van der Waals surface area contributed by atoms with Crippen molar-refractivity contribution in [3.63, 3.8) is 0 Å². The predicted molar refractivity (Wildman–Crippen MR) is 70.9 cm³/mol. The molecule has 18 heavy (non-hydrogen) atoms. The Morgan fingerprint density at radius 1 is 1.28 bits per heavy atom. The number of nitrogens with one attached hydrogen (secondary N) is 1. The lowest BCUT2D eigenvalue weighted by molar-refractivity contribution is -0.126. The highest BCUT2D eigenvalue weighted by Gasteiger charge is 2.16. The van der Waals surface area contributed by atoms with Crippen molar-refractivity contribution in [2.75, 3.05) is 12.3 Å². The van der Waals surface area contributed by atoms with Crippen LogP contribution in [0, 0.1) is 0 Å². The van der Waals surface area contributed by atoms with Gasteiger partial charge < -0.3 is 15.8 Å². The molecule has 1 aliphatic rings. The fourth-order valence-electron chi connectivity index (χ4n) is 2.21. The van der Waals surface area contributed by atoms with E-state index >= 15 is 0 Å². The van der Waals surface area contributed by atoms with Crippen molar-refractivity contribution in [3.8, 4) is 0 Å². The van der Waals surface area contributed by atoms with Crippen LogP contribution in [0.4, 0.5) is 5.69 Å². The molecule has 0 atom stereocenters. The number of nitrogen functional groups attached to an aromatic ring is 1. The summed E-state index contributed by atoms with van der Waals surface area (Å²) in [5, 5.41) is 2.99. The molecule has 1 fully saturated rings. The Hall–Kier alpha value is -1.55. The van der Waals surface area contributed by atoms with E-state index < -0.39 is 0 Å². The number of hydrogen-bond acceptors (Lipinski definition) is 3. The SMILES string of the molecule is Nc1ccc(COCC(=O)NC2CCCC2)cc1. The molecule has 1 aliphatic carbocycles. The molecule has 2 rings (SSSR count). The highest BCUT2D eigenvalue weighted by Crippen LogP contribution is 2.17. The van der Waals surface area contributed by atoms with Crippen molar-refractivity contribution < 1.29 is 9.53 Å². The molecule has 0 aliphatic heterocycles. The lowest BCUT2D eigenvalue weighted by Gasteiger charge is -2.11. The van der Waals surface area contributed by atoms with Crippen LogP contribution in [0.25, 0.3) is 0 Å². The van der Waals surface area contributed by atoms with Crippen LogP contribution < -0.4 is 11.1 Å². The predicted octanol–water partition coefficient (Wildman–Crippen LogP) is 1.84. The molecule has 4 heteroatoms. The zero-order chi connectivity index (χ0) is 12.8. The van der Waals surface area contributed by atoms with Gasteiger partial charge in [-0.2, -0.15) is 0 Å². The largest absolute Gasteiger partial charge is 0.399 e. The van der Waals surface area contributed by atoms with Crippen LogP contribution in [-0.2, 0) is 16.1 Å². The van der Waals surface area contributed by atoms with E-state index in [1.54, 1.807) is 0 Å². The van der Waals surface area contributed by atoms with E-state index in [0.717, 1.165) is 24.1 Å². The molecule has 0 aromatic heterocycles. The minimum atomic E-state index is -0.0163. The third-order valence-electron chi connectivity index (χ3n) is 3.20. The van der Waals surface area contributed by atoms with Gasteiger partial charge in [0.05, 0.1) is 6.61 Å². The highest BCUT2D eigenvalue weighted by molar-refractivity contribution is 5.77. The molecule has 0 unspecified atom stereocenters. The van der Waals surface area contributed by atoms with Crippen molar-refractivity contribution in [1.82, 2.24) is 5.32 Å². The Labute approximate surface area is 108 Å². The number of rotatable bonds is 5. The summed E-state index contributed by atoms with van der Waals surface area (Å²) in [7, 11) is 0. The van der Waals surface area contributed by atoms with Crippen molar-refractivity contribution in [1.29, 1.82) is 0 Å². The smallest absolute Gasteiger partial charge is 0.246 e. The van der Waals surface area contributed by atoms with Crippen LogP contribution in [0.5, 0.6) is 0 Å². The second-order valence-electron chi connectivity index (χ2n) is 4.78. The molecule has 1 amide bonds. The summed E-state index contributed by atoms with van der Waals surface area (Å²) in [6.07, 6.45) is 4.64. The van der Waals surface area contributed by atoms with Crippen LogP contribution in [0.1, 0.15) is 31.2 Å². The molecule has 0 saturated heterocycles. The number of benzene rings is 1. The van der Waals surface area contributed by atoms with Crippen molar-refractivity contribution in [2.45, 2.75) is 38.3 Å². The molecule has 0 spiro atoms. The molecule has 1 aromatic carbocycles. The molecule has 0 radical (unpaired) electrons. The monoisotopic (exact) mass is 248 g/mol. The number of hydrogen-bond donors (Lipinski definition) is 2. The zero-order valence-corrected chi connectivity index (χ0v) is 10.5. The Morgan fingerprint density at radius 2 is 1.94 bits per heavy atom. The van der Waals surface area contributed by atoms with E-state index in [1.807, 2.05) is 24.3 Å². The Balaban J connectivity index is 1.65. The summed E-state index contributed by atoms with van der Waals surface area (Å²) in [6, 6.07) is 7.83. The van der Waals surface area contributed by atoms with Crippen LogP contribution >= 0.6 is 0 Å². The molecular formula is C14H20N2O2. The molecule has 0 heterocycles. The average Bonchev–Trinajstić information content (AvgIpc) is 2.84. The van der Waals surface area contributed by atoms with Gasteiger partial charge in [0.15, 0.2) is 0 Å². The van der Waals surface area contributed by atoms with Gasteiger partial charge >= 0.3 is 0 Å². The van der Waals surface area contributed by atoms with Gasteiger partial charge in [-0.15, -0.1) is 0 Å². The Morgan fingerprint density at radius 3 is 2.61 bits per heavy atom. The van der Waals surface area contributed by atoms with E-state index in [2.05, 4.69) is 5.32 Å². The van der Waals surface area contributed by atoms with E-state index in [4.69, 9.17) is 10.5 Å². The highest BCUT2D eigenvalue weighted by atomic mass is 16.5. The fraction of sp³-hybridized carbons (Fsp3) is 0.500. The zero-order valence-electron chi connectivity index (χ0n) is 10.5. The van der Waals surface area contributed by atoms with Crippen molar-refractivity contribution >= 4 is 11.6 Å². The van der Waals surface area contributed by atoms with Gasteiger partial charge in [0.2, 0.25) is 5.91 Å². The van der Waals surface area contributed by atoms with E-state index in [-0.39, 0.29) is 12.5 Å². The first-order valence-corrected chi connectivity index (χ1v) is 6.45. The standard InChI is InChI=1S/C14H20N2O2/c15-12-7-5-11(6-8-12)9-18-10-14(17)16-13-3-1-2-4-13/h5-8,13H,1-4,9-10,15H2,(H,16,17). The summed E-state index contributed by atoms with van der Waals surface area (Å²) in [4.78, 5) is 11.6. The molecule has 4 nitrogen and oxygen atoms in total. The molecule has 1 aromatic rings. The van der Waals surface area contributed by atoms with Crippen molar-refractivity contribution in [2.24, 2.45) is 0 Å². The van der Waals surface area contributed by atoms with Crippen LogP contribution in [-0.4, -0.2) is 18.6 Å². The number of ether oxygens (including phenoxy) is 1. The number of carbonyl (C=O) groups excluding carboxylic acids is 1. The van der Waals surface area contributed by atoms with Crippen molar-refractivity contribution in [3.05, 3.63) is 29.8 Å². The second kappa shape index (κ2) is 6.40. The topological polar surface area (TPSA) is 64.3 Å². The normalized spacial score (nSPS) is 15.8. The first-order chi connectivity index (χ1) is 8.74. The minimum Gasteiger partial charge on any atom is -0.399 e. The Bertz CT molecular complexity index is 383. The van der Waals surface area contributed by atoms with E-state index in [9.17, 15) is 4.79 Å². The molecule has 3 N–H and O–H groups in total. The van der Waals surface area contributed by atoms with Gasteiger partial charge in [0.1, 0.15) is 6.61 Å². The van der Waals surface area contributed by atoms with Crippen LogP contribution in [0.2, 0.25) is 0 Å². The maximum Gasteiger partial charge on any atom is 0.246 e. The third-order valence-corrected chi connectivity index (χ3v) is 3.20. The average molecular weight is 248 g/mol. The van der Waals surface area contributed by atoms with E-state index in [1.165, 1.54) is 12.8 Å². The van der Waals surface area contributed by atoms with Gasteiger partial charge in [0, 0.05) is 11.7 Å². The first-order valence-electron chi connectivity index (χ1n) is 6.45. The van der Waals surface area contributed by atoms with Crippen LogP contribution in [0.15, 0.2) is 24.3 Å². The summed E-state index contributed by atoms with van der Waals surface area (Å²) < 4.78 is 5.38. The minimum absolute atomic E-state index is 0.0163. The van der Waals surface area contributed by atoms with Gasteiger partial charge in [-0.3, -0.25) is 4.79 Å². The summed E-state index contributed by atoms with van der Waals surface area (Å²) in [6.45, 7) is 0.569. The maximum absolute atomic E-state index is 11.6. The van der Waals surface area contributed by atoms with Crippen LogP contribution in [0.3, 0.4) is 0 Å². The molecule has 98 valence electrons. The lowest BCUT2D eigenvalue weighted by Crippen LogP contribution is -2.35. The lowest BCUT2D eigenvalue weighted by atomic mass is 10.2. The molecular weight excluding hydrogens is 228 g/mol. The number of amides is 1. The number of carbonyl (C=O) groups is 1. The summed E-state index contributed by atoms with van der Waals surface area (Å²) in [5.41, 5.74) is 7.35. The first kappa shape index (κ1) is 12.9. The molecule has 1 saturated carbocycles. The van der Waals surface area contributed by atoms with Gasteiger partial charge in [-0.05, 0) is 30.5 Å². The number of anilines is 1. The Kier molecular flexibility index (Phi) is 4.59. The quantitative estimate of drug-likeness (QED) is 0.781.